The van der Waals surface area contributed by atoms with Crippen LogP contribution in [0.4, 0.5) is 11.8 Å². The molecule has 2 N–H and O–H groups in total. The molecular formula is C18H24N6O. The Morgan fingerprint density at radius 2 is 2.08 bits per heavy atom. The van der Waals surface area contributed by atoms with Gasteiger partial charge in [0.2, 0.25) is 5.95 Å². The minimum Gasteiger partial charge on any atom is -0.379 e. The zero-order valence-corrected chi connectivity index (χ0v) is 14.3. The van der Waals surface area contributed by atoms with E-state index < -0.39 is 0 Å². The second-order valence-corrected chi connectivity index (χ2v) is 6.50. The van der Waals surface area contributed by atoms with Crippen molar-refractivity contribution < 1.29 is 4.74 Å². The molecule has 7 heteroatoms. The maximum atomic E-state index is 5.39. The molecule has 2 aliphatic rings. The van der Waals surface area contributed by atoms with E-state index >= 15 is 0 Å². The summed E-state index contributed by atoms with van der Waals surface area (Å²) in [5.41, 5.74) is 1.89. The SMILES string of the molecule is c1cncc(-c2cc(NCCN3CCOCC3)nc(NC3CC3)n2)c1. The predicted molar refractivity (Wildman–Crippen MR) is 97.7 cm³/mol. The maximum Gasteiger partial charge on any atom is 0.225 e. The van der Waals surface area contributed by atoms with Gasteiger partial charge in [0.15, 0.2) is 0 Å². The van der Waals surface area contributed by atoms with Crippen molar-refractivity contribution in [2.75, 3.05) is 50.0 Å². The summed E-state index contributed by atoms with van der Waals surface area (Å²) in [7, 11) is 0. The number of hydrogen-bond acceptors (Lipinski definition) is 7. The summed E-state index contributed by atoms with van der Waals surface area (Å²) in [4.78, 5) is 15.9. The highest BCUT2D eigenvalue weighted by Gasteiger charge is 2.22. The largest absolute Gasteiger partial charge is 0.379 e. The average Bonchev–Trinajstić information content (AvgIpc) is 3.47. The summed E-state index contributed by atoms with van der Waals surface area (Å²) in [6, 6.07) is 6.46. The van der Waals surface area contributed by atoms with Crippen molar-refractivity contribution in [3.8, 4) is 11.3 Å². The van der Waals surface area contributed by atoms with Gasteiger partial charge in [-0.15, -0.1) is 0 Å². The number of anilines is 2. The Morgan fingerprint density at radius 3 is 2.84 bits per heavy atom. The molecule has 1 saturated carbocycles. The Kier molecular flexibility index (Phi) is 5.03. The number of nitrogens with zero attached hydrogens (tertiary/aromatic N) is 4. The van der Waals surface area contributed by atoms with Gasteiger partial charge < -0.3 is 15.4 Å². The molecule has 3 heterocycles. The molecule has 0 spiro atoms. The van der Waals surface area contributed by atoms with Crippen molar-refractivity contribution in [3.63, 3.8) is 0 Å². The van der Waals surface area contributed by atoms with Gasteiger partial charge in [0, 0.05) is 56.2 Å². The van der Waals surface area contributed by atoms with Crippen LogP contribution in [0.2, 0.25) is 0 Å². The molecular weight excluding hydrogens is 316 g/mol. The Hall–Kier alpha value is -2.25. The Balaban J connectivity index is 1.45. The molecule has 1 aliphatic heterocycles. The first-order valence-corrected chi connectivity index (χ1v) is 8.97. The zero-order valence-electron chi connectivity index (χ0n) is 14.3. The van der Waals surface area contributed by atoms with E-state index in [-0.39, 0.29) is 0 Å². The topological polar surface area (TPSA) is 75.2 Å². The molecule has 7 nitrogen and oxygen atoms in total. The van der Waals surface area contributed by atoms with E-state index in [0.717, 1.165) is 56.5 Å². The van der Waals surface area contributed by atoms with Crippen molar-refractivity contribution in [1.82, 2.24) is 19.9 Å². The van der Waals surface area contributed by atoms with Crippen LogP contribution in [-0.2, 0) is 4.74 Å². The van der Waals surface area contributed by atoms with Crippen LogP contribution >= 0.6 is 0 Å². The first-order chi connectivity index (χ1) is 12.4. The third kappa shape index (κ3) is 4.64. The molecule has 0 radical (unpaired) electrons. The highest BCUT2D eigenvalue weighted by Crippen LogP contribution is 2.26. The minimum atomic E-state index is 0.519. The molecule has 2 aromatic heterocycles. The molecule has 0 amide bonds. The normalized spacial score (nSPS) is 18.1. The van der Waals surface area contributed by atoms with Gasteiger partial charge >= 0.3 is 0 Å². The summed E-state index contributed by atoms with van der Waals surface area (Å²) in [5.74, 6) is 1.54. The number of ether oxygens (including phenoxy) is 1. The monoisotopic (exact) mass is 340 g/mol. The van der Waals surface area contributed by atoms with Gasteiger partial charge in [0.25, 0.3) is 0 Å². The summed E-state index contributed by atoms with van der Waals surface area (Å²) in [5, 5.41) is 6.84. The molecule has 2 fully saturated rings. The first-order valence-electron chi connectivity index (χ1n) is 8.97. The summed E-state index contributed by atoms with van der Waals surface area (Å²) >= 11 is 0. The number of aromatic nitrogens is 3. The van der Waals surface area contributed by atoms with E-state index in [1.807, 2.05) is 24.4 Å². The molecule has 0 unspecified atom stereocenters. The van der Waals surface area contributed by atoms with Crippen LogP contribution in [0.5, 0.6) is 0 Å². The average molecular weight is 340 g/mol. The second kappa shape index (κ2) is 7.76. The van der Waals surface area contributed by atoms with Crippen LogP contribution in [0.15, 0.2) is 30.6 Å². The summed E-state index contributed by atoms with van der Waals surface area (Å²) in [6.45, 7) is 5.50. The Labute approximate surface area is 147 Å². The fourth-order valence-electron chi connectivity index (χ4n) is 2.84. The van der Waals surface area contributed by atoms with Gasteiger partial charge in [-0.2, -0.15) is 4.98 Å². The quantitative estimate of drug-likeness (QED) is 0.797. The van der Waals surface area contributed by atoms with Gasteiger partial charge in [-0.1, -0.05) is 0 Å². The van der Waals surface area contributed by atoms with Crippen LogP contribution in [0.25, 0.3) is 11.3 Å². The molecule has 4 rings (SSSR count). The van der Waals surface area contributed by atoms with Crippen molar-refractivity contribution in [1.29, 1.82) is 0 Å². The third-order valence-electron chi connectivity index (χ3n) is 4.43. The van der Waals surface area contributed by atoms with Crippen LogP contribution in [0, 0.1) is 0 Å². The van der Waals surface area contributed by atoms with Crippen molar-refractivity contribution >= 4 is 11.8 Å². The minimum absolute atomic E-state index is 0.519. The number of rotatable bonds is 7. The van der Waals surface area contributed by atoms with Gasteiger partial charge in [0.05, 0.1) is 18.9 Å². The maximum absolute atomic E-state index is 5.39. The van der Waals surface area contributed by atoms with E-state index in [2.05, 4.69) is 30.5 Å². The lowest BCUT2D eigenvalue weighted by Crippen LogP contribution is -2.39. The fraction of sp³-hybridized carbons (Fsp3) is 0.500. The number of nitrogens with one attached hydrogen (secondary N) is 2. The summed E-state index contributed by atoms with van der Waals surface area (Å²) in [6.07, 6.45) is 6.00. The predicted octanol–water partition coefficient (Wildman–Crippen LogP) is 1.86. The number of pyridine rings is 1. The van der Waals surface area contributed by atoms with Crippen molar-refractivity contribution in [3.05, 3.63) is 30.6 Å². The van der Waals surface area contributed by atoms with Crippen molar-refractivity contribution in [2.24, 2.45) is 0 Å². The van der Waals surface area contributed by atoms with Crippen LogP contribution < -0.4 is 10.6 Å². The summed E-state index contributed by atoms with van der Waals surface area (Å²) < 4.78 is 5.39. The molecule has 25 heavy (non-hydrogen) atoms. The molecule has 1 saturated heterocycles. The fourth-order valence-corrected chi connectivity index (χ4v) is 2.84. The van der Waals surface area contributed by atoms with E-state index in [0.29, 0.717) is 12.0 Å². The first kappa shape index (κ1) is 16.2. The highest BCUT2D eigenvalue weighted by molar-refractivity contribution is 5.63. The van der Waals surface area contributed by atoms with Gasteiger partial charge in [-0.3, -0.25) is 9.88 Å². The molecule has 0 bridgehead atoms. The van der Waals surface area contributed by atoms with E-state index in [1.165, 1.54) is 12.8 Å². The molecule has 2 aromatic rings. The van der Waals surface area contributed by atoms with E-state index in [9.17, 15) is 0 Å². The molecule has 0 atom stereocenters. The van der Waals surface area contributed by atoms with Crippen molar-refractivity contribution in [2.45, 2.75) is 18.9 Å². The molecule has 0 aromatic carbocycles. The molecule has 1 aliphatic carbocycles. The lowest BCUT2D eigenvalue weighted by molar-refractivity contribution is 0.0398. The van der Waals surface area contributed by atoms with E-state index in [4.69, 9.17) is 4.74 Å². The second-order valence-electron chi connectivity index (χ2n) is 6.50. The highest BCUT2D eigenvalue weighted by atomic mass is 16.5. The van der Waals surface area contributed by atoms with Crippen LogP contribution in [0.3, 0.4) is 0 Å². The molecule has 132 valence electrons. The zero-order chi connectivity index (χ0) is 16.9. The standard InChI is InChI=1S/C18H24N6O/c1-2-14(13-19-5-1)16-12-17(23-18(22-16)21-15-3-4-15)20-6-7-24-8-10-25-11-9-24/h1-2,5,12-13,15H,3-4,6-11H2,(H2,20,21,22,23). The van der Waals surface area contributed by atoms with Gasteiger partial charge in [0.1, 0.15) is 5.82 Å². The Morgan fingerprint density at radius 1 is 1.20 bits per heavy atom. The smallest absolute Gasteiger partial charge is 0.225 e. The lowest BCUT2D eigenvalue weighted by atomic mass is 10.2. The number of hydrogen-bond donors (Lipinski definition) is 2. The van der Waals surface area contributed by atoms with Gasteiger partial charge in [-0.05, 0) is 25.0 Å². The Bertz CT molecular complexity index is 685. The van der Waals surface area contributed by atoms with Crippen LogP contribution in [0.1, 0.15) is 12.8 Å². The number of morpholine rings is 1. The van der Waals surface area contributed by atoms with Gasteiger partial charge in [-0.25, -0.2) is 4.98 Å². The third-order valence-corrected chi connectivity index (χ3v) is 4.43. The van der Waals surface area contributed by atoms with E-state index in [1.54, 1.807) is 6.20 Å². The lowest BCUT2D eigenvalue weighted by Gasteiger charge is -2.26. The van der Waals surface area contributed by atoms with Crippen LogP contribution in [-0.4, -0.2) is 65.3 Å².